The van der Waals surface area contributed by atoms with Gasteiger partial charge in [-0.2, -0.15) is 5.10 Å². The Kier molecular flexibility index (Phi) is 5.01. The molecule has 0 N–H and O–H groups in total. The lowest BCUT2D eigenvalue weighted by atomic mass is 10.2. The van der Waals surface area contributed by atoms with E-state index in [1.54, 1.807) is 48.7 Å². The second kappa shape index (κ2) is 8.03. The summed E-state index contributed by atoms with van der Waals surface area (Å²) in [6, 6.07) is 14.0. The molecule has 0 radical (unpaired) electrons. The van der Waals surface area contributed by atoms with Crippen molar-refractivity contribution in [2.24, 2.45) is 7.05 Å². The summed E-state index contributed by atoms with van der Waals surface area (Å²) in [5.41, 5.74) is -0.412. The minimum Gasteiger partial charge on any atom is -0.453 e. The molecule has 10 nitrogen and oxygen atoms in total. The van der Waals surface area contributed by atoms with Crippen molar-refractivity contribution in [2.45, 2.75) is 13.5 Å². The van der Waals surface area contributed by atoms with Crippen LogP contribution in [0.2, 0.25) is 0 Å². The summed E-state index contributed by atoms with van der Waals surface area (Å²) in [5, 5.41) is 12.6. The Labute approximate surface area is 190 Å². The Balaban J connectivity index is 1.51. The normalized spacial score (nSPS) is 11.3. The van der Waals surface area contributed by atoms with Crippen LogP contribution >= 0.6 is 0 Å². The monoisotopic (exact) mass is 460 g/mol. The molecule has 2 aromatic carbocycles. The van der Waals surface area contributed by atoms with Gasteiger partial charge in [-0.25, -0.2) is 13.9 Å². The van der Waals surface area contributed by atoms with E-state index in [0.29, 0.717) is 16.6 Å². The maximum Gasteiger partial charge on any atom is 0.363 e. The molecule has 0 saturated heterocycles. The van der Waals surface area contributed by atoms with Crippen molar-refractivity contribution in [3.8, 4) is 5.69 Å². The van der Waals surface area contributed by atoms with Crippen LogP contribution in [-0.4, -0.2) is 34.9 Å². The molecule has 3 aromatic heterocycles. The van der Waals surface area contributed by atoms with E-state index in [1.807, 2.05) is 0 Å². The third-order valence-corrected chi connectivity index (χ3v) is 5.41. The summed E-state index contributed by atoms with van der Waals surface area (Å²) >= 11 is 0. The van der Waals surface area contributed by atoms with Crippen molar-refractivity contribution in [3.05, 3.63) is 98.2 Å². The number of nitrogens with zero attached hydrogens (tertiary/aromatic N) is 6. The minimum absolute atomic E-state index is 0.0879. The number of esters is 1. The SMILES string of the molecule is Cc1cc(=O)c(C(=O)OCc2nnc3n(C)c(=O)c4ccccc4n23)nn1-c1ccccc1F. The molecule has 5 rings (SSSR count). The van der Waals surface area contributed by atoms with Gasteiger partial charge in [-0.3, -0.25) is 18.6 Å². The van der Waals surface area contributed by atoms with Gasteiger partial charge < -0.3 is 4.74 Å². The summed E-state index contributed by atoms with van der Waals surface area (Å²) in [4.78, 5) is 37.8. The number of ether oxygens (including phenoxy) is 1. The van der Waals surface area contributed by atoms with E-state index in [1.165, 1.54) is 33.5 Å². The predicted molar refractivity (Wildman–Crippen MR) is 119 cm³/mol. The fourth-order valence-electron chi connectivity index (χ4n) is 3.74. The van der Waals surface area contributed by atoms with Crippen LogP contribution in [0.15, 0.2) is 64.2 Å². The average molecular weight is 460 g/mol. The molecule has 11 heteroatoms. The van der Waals surface area contributed by atoms with Gasteiger partial charge in [0.2, 0.25) is 16.9 Å². The third kappa shape index (κ3) is 3.34. The first kappa shape index (κ1) is 21.2. The van der Waals surface area contributed by atoms with Crippen LogP contribution in [0.25, 0.3) is 22.4 Å². The van der Waals surface area contributed by atoms with Gasteiger partial charge in [-0.1, -0.05) is 24.3 Å². The topological polar surface area (TPSA) is 113 Å². The average Bonchev–Trinajstić information content (AvgIpc) is 3.26. The molecule has 170 valence electrons. The molecule has 3 heterocycles. The maximum absolute atomic E-state index is 14.3. The smallest absolute Gasteiger partial charge is 0.363 e. The fourth-order valence-corrected chi connectivity index (χ4v) is 3.74. The first-order valence-electron chi connectivity index (χ1n) is 10.2. The molecule has 0 bridgehead atoms. The zero-order valence-electron chi connectivity index (χ0n) is 18.1. The number of rotatable bonds is 4. The van der Waals surface area contributed by atoms with Crippen molar-refractivity contribution in [3.63, 3.8) is 0 Å². The van der Waals surface area contributed by atoms with Crippen LogP contribution in [0.5, 0.6) is 0 Å². The number of para-hydroxylation sites is 2. The molecule has 5 aromatic rings. The number of fused-ring (bicyclic) bond motifs is 3. The maximum atomic E-state index is 14.3. The Hall–Kier alpha value is -4.67. The molecule has 0 fully saturated rings. The lowest BCUT2D eigenvalue weighted by Crippen LogP contribution is -2.25. The highest BCUT2D eigenvalue weighted by atomic mass is 19.1. The van der Waals surface area contributed by atoms with E-state index in [-0.39, 0.29) is 29.5 Å². The minimum atomic E-state index is -0.999. The van der Waals surface area contributed by atoms with Gasteiger partial charge in [0.15, 0.2) is 12.4 Å². The standard InChI is InChI=1S/C23H17FN6O4/c1-13-11-18(31)20(27-30(13)17-10-6-4-8-15(17)24)22(33)34-12-19-25-26-23-28(2)21(32)14-7-3-5-9-16(14)29(19)23/h3-11H,12H2,1-2H3. The molecule has 0 amide bonds. The highest BCUT2D eigenvalue weighted by molar-refractivity contribution is 5.87. The molecule has 0 aliphatic rings. The van der Waals surface area contributed by atoms with Gasteiger partial charge >= 0.3 is 5.97 Å². The van der Waals surface area contributed by atoms with Crippen molar-refractivity contribution < 1.29 is 13.9 Å². The highest BCUT2D eigenvalue weighted by Crippen LogP contribution is 2.16. The van der Waals surface area contributed by atoms with Crippen molar-refractivity contribution in [2.75, 3.05) is 0 Å². The molecule has 0 aliphatic carbocycles. The van der Waals surface area contributed by atoms with E-state index < -0.39 is 22.9 Å². The van der Waals surface area contributed by atoms with E-state index in [9.17, 15) is 18.8 Å². The van der Waals surface area contributed by atoms with Gasteiger partial charge in [0.05, 0.1) is 10.9 Å². The predicted octanol–water partition coefficient (Wildman–Crippen LogP) is 1.93. The van der Waals surface area contributed by atoms with E-state index in [2.05, 4.69) is 15.3 Å². The lowest BCUT2D eigenvalue weighted by molar-refractivity contribution is 0.0450. The molecular formula is C23H17FN6O4. The van der Waals surface area contributed by atoms with Crippen LogP contribution in [0.1, 0.15) is 22.0 Å². The Morgan fingerprint density at radius 3 is 2.59 bits per heavy atom. The molecule has 0 aliphatic heterocycles. The van der Waals surface area contributed by atoms with Crippen LogP contribution in [0, 0.1) is 12.7 Å². The Morgan fingerprint density at radius 1 is 1.06 bits per heavy atom. The van der Waals surface area contributed by atoms with Gasteiger partial charge in [0, 0.05) is 18.8 Å². The summed E-state index contributed by atoms with van der Waals surface area (Å²) in [7, 11) is 1.57. The molecule has 0 unspecified atom stereocenters. The number of hydrogen-bond acceptors (Lipinski definition) is 7. The zero-order chi connectivity index (χ0) is 24.0. The molecular weight excluding hydrogens is 443 g/mol. The number of aromatic nitrogens is 6. The number of carbonyl (C=O) groups excluding carboxylic acids is 1. The number of carbonyl (C=O) groups is 1. The number of hydrogen-bond donors (Lipinski definition) is 0. The van der Waals surface area contributed by atoms with Crippen molar-refractivity contribution in [1.29, 1.82) is 0 Å². The van der Waals surface area contributed by atoms with Crippen molar-refractivity contribution in [1.82, 2.24) is 28.9 Å². The van der Waals surface area contributed by atoms with E-state index in [4.69, 9.17) is 4.74 Å². The molecule has 0 spiro atoms. The number of aryl methyl sites for hydroxylation is 2. The Bertz CT molecular complexity index is 1720. The fraction of sp³-hybridized carbons (Fsp3) is 0.130. The second-order valence-electron chi connectivity index (χ2n) is 7.57. The van der Waals surface area contributed by atoms with Crippen LogP contribution in [0.3, 0.4) is 0 Å². The first-order valence-corrected chi connectivity index (χ1v) is 10.2. The molecule has 0 saturated carbocycles. The Morgan fingerprint density at radius 2 is 1.79 bits per heavy atom. The summed E-state index contributed by atoms with van der Waals surface area (Å²) in [6.07, 6.45) is 0. The highest BCUT2D eigenvalue weighted by Gasteiger charge is 2.20. The van der Waals surface area contributed by atoms with Crippen LogP contribution < -0.4 is 11.0 Å². The van der Waals surface area contributed by atoms with E-state index in [0.717, 1.165) is 0 Å². The van der Waals surface area contributed by atoms with Crippen LogP contribution in [-0.2, 0) is 18.4 Å². The van der Waals surface area contributed by atoms with Gasteiger partial charge in [-0.05, 0) is 31.2 Å². The quantitative estimate of drug-likeness (QED) is 0.377. The first-order chi connectivity index (χ1) is 16.4. The number of halogens is 1. The number of benzene rings is 2. The third-order valence-electron chi connectivity index (χ3n) is 5.41. The lowest BCUT2D eigenvalue weighted by Gasteiger charge is -2.12. The van der Waals surface area contributed by atoms with Gasteiger partial charge in [-0.15, -0.1) is 10.2 Å². The summed E-state index contributed by atoms with van der Waals surface area (Å²) in [6.45, 7) is 1.24. The van der Waals surface area contributed by atoms with E-state index >= 15 is 0 Å². The summed E-state index contributed by atoms with van der Waals surface area (Å²) in [5.74, 6) is -1.05. The van der Waals surface area contributed by atoms with Crippen molar-refractivity contribution >= 4 is 22.6 Å². The summed E-state index contributed by atoms with van der Waals surface area (Å²) < 4.78 is 23.7. The van der Waals surface area contributed by atoms with Gasteiger partial charge in [0.1, 0.15) is 11.5 Å². The largest absolute Gasteiger partial charge is 0.453 e. The second-order valence-corrected chi connectivity index (χ2v) is 7.57. The molecule has 34 heavy (non-hydrogen) atoms. The van der Waals surface area contributed by atoms with Crippen LogP contribution in [0.4, 0.5) is 4.39 Å². The zero-order valence-corrected chi connectivity index (χ0v) is 18.1. The van der Waals surface area contributed by atoms with Gasteiger partial charge in [0.25, 0.3) is 5.56 Å². The molecule has 0 atom stereocenters.